The van der Waals surface area contributed by atoms with Crippen LogP contribution in [0.5, 0.6) is 0 Å². The maximum atomic E-state index is 12.6. The number of halogens is 4. The molecule has 0 aliphatic rings. The van der Waals surface area contributed by atoms with E-state index in [-0.39, 0.29) is 5.02 Å². The van der Waals surface area contributed by atoms with Crippen LogP contribution in [-0.4, -0.2) is 6.54 Å². The SMILES string of the molecule is CCCC(C)CNc1cc(Cl)cc(C(F)(F)F)c1. The molecule has 0 aliphatic carbocycles. The Hall–Kier alpha value is -0.900. The monoisotopic (exact) mass is 279 g/mol. The molecule has 102 valence electrons. The van der Waals surface area contributed by atoms with Crippen LogP contribution >= 0.6 is 11.6 Å². The highest BCUT2D eigenvalue weighted by atomic mass is 35.5. The number of rotatable bonds is 5. The Morgan fingerprint density at radius 3 is 2.50 bits per heavy atom. The van der Waals surface area contributed by atoms with Crippen LogP contribution in [-0.2, 0) is 6.18 Å². The molecule has 0 bridgehead atoms. The molecule has 0 saturated carbocycles. The molecular formula is C13H17ClF3N. The molecule has 5 heteroatoms. The average molecular weight is 280 g/mol. The summed E-state index contributed by atoms with van der Waals surface area (Å²) in [5.41, 5.74) is -0.307. The number of anilines is 1. The van der Waals surface area contributed by atoms with Crippen molar-refractivity contribution in [1.82, 2.24) is 0 Å². The van der Waals surface area contributed by atoms with E-state index >= 15 is 0 Å². The van der Waals surface area contributed by atoms with Crippen molar-refractivity contribution in [2.24, 2.45) is 5.92 Å². The molecular weight excluding hydrogens is 263 g/mol. The zero-order valence-electron chi connectivity index (χ0n) is 10.4. The quantitative estimate of drug-likeness (QED) is 0.780. The van der Waals surface area contributed by atoms with E-state index < -0.39 is 11.7 Å². The van der Waals surface area contributed by atoms with Crippen LogP contribution in [0.1, 0.15) is 32.3 Å². The summed E-state index contributed by atoms with van der Waals surface area (Å²) in [6.07, 6.45) is -2.26. The number of nitrogens with one attached hydrogen (secondary N) is 1. The molecule has 0 spiro atoms. The highest BCUT2D eigenvalue weighted by molar-refractivity contribution is 6.30. The highest BCUT2D eigenvalue weighted by Gasteiger charge is 2.31. The van der Waals surface area contributed by atoms with Crippen LogP contribution in [0.25, 0.3) is 0 Å². The molecule has 1 nitrogen and oxygen atoms in total. The molecule has 0 amide bonds. The number of alkyl halides is 3. The van der Waals surface area contributed by atoms with E-state index in [4.69, 9.17) is 11.6 Å². The molecule has 0 aromatic heterocycles. The zero-order chi connectivity index (χ0) is 13.8. The second-order valence-electron chi connectivity index (χ2n) is 4.50. The van der Waals surface area contributed by atoms with Crippen molar-refractivity contribution in [3.05, 3.63) is 28.8 Å². The number of hydrogen-bond donors (Lipinski definition) is 1. The maximum Gasteiger partial charge on any atom is 0.416 e. The molecule has 1 rings (SSSR count). The van der Waals surface area contributed by atoms with Gasteiger partial charge in [0.25, 0.3) is 0 Å². The van der Waals surface area contributed by atoms with Crippen molar-refractivity contribution in [2.45, 2.75) is 32.9 Å². The van der Waals surface area contributed by atoms with Gasteiger partial charge in [-0.1, -0.05) is 31.9 Å². The minimum Gasteiger partial charge on any atom is -0.385 e. The number of benzene rings is 1. The highest BCUT2D eigenvalue weighted by Crippen LogP contribution is 2.33. The fourth-order valence-corrected chi connectivity index (χ4v) is 1.98. The molecule has 18 heavy (non-hydrogen) atoms. The van der Waals surface area contributed by atoms with Gasteiger partial charge in [0.15, 0.2) is 0 Å². The third-order valence-electron chi connectivity index (χ3n) is 2.66. The van der Waals surface area contributed by atoms with E-state index in [1.165, 1.54) is 6.07 Å². The summed E-state index contributed by atoms with van der Waals surface area (Å²) in [4.78, 5) is 0. The van der Waals surface area contributed by atoms with Crippen molar-refractivity contribution in [2.75, 3.05) is 11.9 Å². The molecule has 0 aliphatic heterocycles. The standard InChI is InChI=1S/C13H17ClF3N/c1-3-4-9(2)8-18-12-6-10(13(15,16)17)5-11(14)7-12/h5-7,9,18H,3-4,8H2,1-2H3. The van der Waals surface area contributed by atoms with Crippen molar-refractivity contribution < 1.29 is 13.2 Å². The van der Waals surface area contributed by atoms with Crippen LogP contribution in [0.15, 0.2) is 18.2 Å². The topological polar surface area (TPSA) is 12.0 Å². The lowest BCUT2D eigenvalue weighted by Crippen LogP contribution is -2.12. The first kappa shape index (κ1) is 15.2. The van der Waals surface area contributed by atoms with Gasteiger partial charge in [-0.3, -0.25) is 0 Å². The van der Waals surface area contributed by atoms with Crippen LogP contribution in [0, 0.1) is 5.92 Å². The lowest BCUT2D eigenvalue weighted by Gasteiger charge is -2.14. The molecule has 1 atom stereocenters. The Labute approximate surface area is 110 Å². The molecule has 0 heterocycles. The van der Waals surface area contributed by atoms with Gasteiger partial charge in [0.05, 0.1) is 5.56 Å². The summed E-state index contributed by atoms with van der Waals surface area (Å²) in [6.45, 7) is 4.79. The van der Waals surface area contributed by atoms with E-state index in [2.05, 4.69) is 19.2 Å². The largest absolute Gasteiger partial charge is 0.416 e. The van der Waals surface area contributed by atoms with Gasteiger partial charge in [-0.05, 0) is 30.5 Å². The van der Waals surface area contributed by atoms with Crippen LogP contribution < -0.4 is 5.32 Å². The summed E-state index contributed by atoms with van der Waals surface area (Å²) in [6, 6.07) is 3.53. The van der Waals surface area contributed by atoms with Gasteiger partial charge in [-0.15, -0.1) is 0 Å². The predicted molar refractivity (Wildman–Crippen MR) is 69.0 cm³/mol. The van der Waals surface area contributed by atoms with Gasteiger partial charge in [-0.25, -0.2) is 0 Å². The summed E-state index contributed by atoms with van der Waals surface area (Å²) in [5, 5.41) is 3.09. The molecule has 1 aromatic carbocycles. The van der Waals surface area contributed by atoms with Gasteiger partial charge in [0.1, 0.15) is 0 Å². The van der Waals surface area contributed by atoms with Crippen LogP contribution in [0.4, 0.5) is 18.9 Å². The maximum absolute atomic E-state index is 12.6. The first-order valence-electron chi connectivity index (χ1n) is 5.94. The van der Waals surface area contributed by atoms with Gasteiger partial charge in [0, 0.05) is 17.3 Å². The average Bonchev–Trinajstić information content (AvgIpc) is 2.25. The Morgan fingerprint density at radius 1 is 1.28 bits per heavy atom. The van der Waals surface area contributed by atoms with Gasteiger partial charge in [0.2, 0.25) is 0 Å². The van der Waals surface area contributed by atoms with Crippen molar-refractivity contribution in [3.8, 4) is 0 Å². The van der Waals surface area contributed by atoms with E-state index in [0.29, 0.717) is 18.2 Å². The fourth-order valence-electron chi connectivity index (χ4n) is 1.74. The lowest BCUT2D eigenvalue weighted by molar-refractivity contribution is -0.137. The van der Waals surface area contributed by atoms with Crippen molar-refractivity contribution in [3.63, 3.8) is 0 Å². The summed E-state index contributed by atoms with van der Waals surface area (Å²) < 4.78 is 37.7. The lowest BCUT2D eigenvalue weighted by atomic mass is 10.1. The molecule has 0 radical (unpaired) electrons. The Morgan fingerprint density at radius 2 is 1.94 bits per heavy atom. The molecule has 1 unspecified atom stereocenters. The second-order valence-corrected chi connectivity index (χ2v) is 4.94. The van der Waals surface area contributed by atoms with Gasteiger partial charge in [-0.2, -0.15) is 13.2 Å². The summed E-state index contributed by atoms with van der Waals surface area (Å²) >= 11 is 5.69. The smallest absolute Gasteiger partial charge is 0.385 e. The van der Waals surface area contributed by atoms with E-state index in [1.807, 2.05) is 0 Å². The normalized spacial score (nSPS) is 13.4. The van der Waals surface area contributed by atoms with Crippen molar-refractivity contribution >= 4 is 17.3 Å². The predicted octanol–water partition coefficient (Wildman–Crippen LogP) is 5.21. The molecule has 0 fully saturated rings. The summed E-state index contributed by atoms with van der Waals surface area (Å²) in [5.74, 6) is 0.420. The van der Waals surface area contributed by atoms with E-state index in [0.717, 1.165) is 25.0 Å². The van der Waals surface area contributed by atoms with Crippen molar-refractivity contribution in [1.29, 1.82) is 0 Å². The van der Waals surface area contributed by atoms with E-state index in [1.54, 1.807) is 0 Å². The minimum absolute atomic E-state index is 0.0930. The first-order chi connectivity index (χ1) is 8.32. The molecule has 0 saturated heterocycles. The second kappa shape index (κ2) is 6.32. The van der Waals surface area contributed by atoms with Crippen LogP contribution in [0.3, 0.4) is 0 Å². The number of hydrogen-bond acceptors (Lipinski definition) is 1. The third-order valence-corrected chi connectivity index (χ3v) is 2.88. The Bertz CT molecular complexity index is 390. The van der Waals surface area contributed by atoms with E-state index in [9.17, 15) is 13.2 Å². The zero-order valence-corrected chi connectivity index (χ0v) is 11.2. The Kier molecular flexibility index (Phi) is 5.32. The third kappa shape index (κ3) is 4.77. The van der Waals surface area contributed by atoms with Gasteiger partial charge >= 0.3 is 6.18 Å². The molecule has 1 N–H and O–H groups in total. The Balaban J connectivity index is 2.75. The first-order valence-corrected chi connectivity index (χ1v) is 6.32. The fraction of sp³-hybridized carbons (Fsp3) is 0.538. The molecule has 1 aromatic rings. The van der Waals surface area contributed by atoms with Crippen LogP contribution in [0.2, 0.25) is 5.02 Å². The summed E-state index contributed by atoms with van der Waals surface area (Å²) in [7, 11) is 0. The minimum atomic E-state index is -4.36. The van der Waals surface area contributed by atoms with Gasteiger partial charge < -0.3 is 5.32 Å².